The van der Waals surface area contributed by atoms with E-state index in [1.54, 1.807) is 0 Å². The van der Waals surface area contributed by atoms with Gasteiger partial charge in [-0.1, -0.05) is 29.8 Å². The van der Waals surface area contributed by atoms with E-state index in [1.165, 1.54) is 5.69 Å². The minimum Gasteiger partial charge on any atom is -0.370 e. The maximum Gasteiger partial charge on any atom is 0.191 e. The molecule has 3 rings (SSSR count). The Bertz CT molecular complexity index is 765. The first-order chi connectivity index (χ1) is 12.6. The van der Waals surface area contributed by atoms with E-state index in [1.807, 2.05) is 54.6 Å². The molecule has 1 aliphatic heterocycles. The summed E-state index contributed by atoms with van der Waals surface area (Å²) in [7, 11) is -1.04. The van der Waals surface area contributed by atoms with Crippen LogP contribution in [0.1, 0.15) is 0 Å². The first kappa shape index (κ1) is 22.0. The van der Waals surface area contributed by atoms with Gasteiger partial charge >= 0.3 is 0 Å². The van der Waals surface area contributed by atoms with Gasteiger partial charge in [-0.25, -0.2) is 0 Å². The highest BCUT2D eigenvalue weighted by molar-refractivity contribution is 14.0. The van der Waals surface area contributed by atoms with Crippen molar-refractivity contribution in [3.63, 3.8) is 0 Å². The van der Waals surface area contributed by atoms with Crippen LogP contribution in [0, 0.1) is 0 Å². The molecule has 0 amide bonds. The van der Waals surface area contributed by atoms with Gasteiger partial charge in [0.25, 0.3) is 0 Å². The number of benzene rings is 2. The lowest BCUT2D eigenvalue weighted by molar-refractivity contribution is 0.381. The van der Waals surface area contributed by atoms with E-state index in [-0.39, 0.29) is 24.0 Å². The molecule has 0 aliphatic carbocycles. The molecule has 1 atom stereocenters. The summed E-state index contributed by atoms with van der Waals surface area (Å²) in [5, 5.41) is 0.747. The maximum atomic E-state index is 12.2. The SMILES string of the molecule is I.NC(=NCCS(=O)c1ccccc1)N1CCN(c2ccc(Cl)cc2)CC1. The van der Waals surface area contributed by atoms with Gasteiger partial charge in [-0.2, -0.15) is 0 Å². The third-order valence-electron chi connectivity index (χ3n) is 4.35. The van der Waals surface area contributed by atoms with Crippen molar-refractivity contribution in [1.82, 2.24) is 4.90 Å². The number of nitrogens with two attached hydrogens (primary N) is 1. The largest absolute Gasteiger partial charge is 0.370 e. The second-order valence-electron chi connectivity index (χ2n) is 6.05. The topological polar surface area (TPSA) is 61.9 Å². The summed E-state index contributed by atoms with van der Waals surface area (Å²) in [6, 6.07) is 17.3. The van der Waals surface area contributed by atoms with Crippen LogP contribution in [0.3, 0.4) is 0 Å². The van der Waals surface area contributed by atoms with E-state index in [0.717, 1.165) is 36.1 Å². The third-order valence-corrected chi connectivity index (χ3v) is 5.96. The van der Waals surface area contributed by atoms with Crippen molar-refractivity contribution < 1.29 is 4.21 Å². The van der Waals surface area contributed by atoms with Crippen molar-refractivity contribution in [2.45, 2.75) is 4.90 Å². The van der Waals surface area contributed by atoms with Crippen molar-refractivity contribution in [1.29, 1.82) is 0 Å². The Hall–Kier alpha value is -1.32. The first-order valence-corrected chi connectivity index (χ1v) is 10.3. The second kappa shape index (κ2) is 10.9. The Morgan fingerprint density at radius 2 is 1.67 bits per heavy atom. The van der Waals surface area contributed by atoms with Crippen molar-refractivity contribution in [3.8, 4) is 0 Å². The van der Waals surface area contributed by atoms with E-state index in [0.29, 0.717) is 18.3 Å². The Morgan fingerprint density at radius 3 is 2.30 bits per heavy atom. The number of hydrogen-bond donors (Lipinski definition) is 1. The molecule has 2 N–H and O–H groups in total. The molecule has 0 bridgehead atoms. The molecule has 146 valence electrons. The fourth-order valence-electron chi connectivity index (χ4n) is 2.88. The Labute approximate surface area is 185 Å². The Balaban J connectivity index is 0.00000261. The molecule has 2 aromatic rings. The van der Waals surface area contributed by atoms with Crippen LogP contribution in [-0.4, -0.2) is 53.5 Å². The van der Waals surface area contributed by atoms with Crippen LogP contribution < -0.4 is 10.6 Å². The highest BCUT2D eigenvalue weighted by atomic mass is 127. The monoisotopic (exact) mass is 518 g/mol. The van der Waals surface area contributed by atoms with Gasteiger partial charge in [-0.05, 0) is 36.4 Å². The van der Waals surface area contributed by atoms with E-state index >= 15 is 0 Å². The van der Waals surface area contributed by atoms with Crippen LogP contribution in [0.15, 0.2) is 64.5 Å². The molecule has 27 heavy (non-hydrogen) atoms. The number of nitrogens with zero attached hydrogens (tertiary/aromatic N) is 3. The van der Waals surface area contributed by atoms with Gasteiger partial charge in [0.05, 0.1) is 17.3 Å². The third kappa shape index (κ3) is 6.36. The van der Waals surface area contributed by atoms with Crippen LogP contribution in [0.5, 0.6) is 0 Å². The molecule has 0 aromatic heterocycles. The predicted molar refractivity (Wildman–Crippen MR) is 125 cm³/mol. The van der Waals surface area contributed by atoms with Gasteiger partial charge in [0, 0.05) is 47.5 Å². The molecule has 0 radical (unpaired) electrons. The quantitative estimate of drug-likeness (QED) is 0.375. The number of anilines is 1. The molecule has 1 aliphatic rings. The summed E-state index contributed by atoms with van der Waals surface area (Å²) in [5.41, 5.74) is 7.29. The van der Waals surface area contributed by atoms with E-state index in [2.05, 4.69) is 14.8 Å². The Kier molecular flexibility index (Phi) is 8.85. The average molecular weight is 519 g/mol. The van der Waals surface area contributed by atoms with Crippen molar-refractivity contribution >= 4 is 58.0 Å². The molecule has 8 heteroatoms. The zero-order valence-corrected chi connectivity index (χ0v) is 18.9. The summed E-state index contributed by atoms with van der Waals surface area (Å²) in [6.45, 7) is 3.87. The average Bonchev–Trinajstić information content (AvgIpc) is 2.69. The van der Waals surface area contributed by atoms with E-state index in [4.69, 9.17) is 17.3 Å². The fraction of sp³-hybridized carbons (Fsp3) is 0.316. The lowest BCUT2D eigenvalue weighted by Gasteiger charge is -2.36. The lowest BCUT2D eigenvalue weighted by Crippen LogP contribution is -2.51. The van der Waals surface area contributed by atoms with Crippen LogP contribution in [-0.2, 0) is 10.8 Å². The van der Waals surface area contributed by atoms with E-state index < -0.39 is 10.8 Å². The molecule has 2 aromatic carbocycles. The molecule has 1 fully saturated rings. The minimum atomic E-state index is -1.04. The number of hydrogen-bond acceptors (Lipinski definition) is 3. The smallest absolute Gasteiger partial charge is 0.191 e. The molecule has 0 spiro atoms. The maximum absolute atomic E-state index is 12.2. The van der Waals surface area contributed by atoms with Gasteiger partial charge in [-0.3, -0.25) is 9.20 Å². The normalized spacial score (nSPS) is 16.0. The van der Waals surface area contributed by atoms with Crippen molar-refractivity contribution in [2.75, 3.05) is 43.4 Å². The molecule has 1 saturated heterocycles. The van der Waals surface area contributed by atoms with Crippen LogP contribution in [0.2, 0.25) is 5.02 Å². The summed E-state index contributed by atoms with van der Waals surface area (Å²) >= 11 is 5.94. The molecular formula is C19H24ClIN4OS. The highest BCUT2D eigenvalue weighted by Crippen LogP contribution is 2.19. The van der Waals surface area contributed by atoms with Gasteiger partial charge < -0.3 is 15.5 Å². The Morgan fingerprint density at radius 1 is 1.04 bits per heavy atom. The molecule has 0 saturated carbocycles. The standard InChI is InChI=1S/C19H23ClN4OS.HI/c20-16-6-8-17(9-7-16)23-11-13-24(14-12-23)19(21)22-10-15-26(25)18-4-2-1-3-5-18;/h1-9H,10-15H2,(H2,21,22);1H. The van der Waals surface area contributed by atoms with Crippen LogP contribution >= 0.6 is 35.6 Å². The van der Waals surface area contributed by atoms with Crippen molar-refractivity contribution in [3.05, 3.63) is 59.6 Å². The lowest BCUT2D eigenvalue weighted by atomic mass is 10.2. The molecule has 1 heterocycles. The number of rotatable bonds is 5. The fourth-order valence-corrected chi connectivity index (χ4v) is 3.96. The molecular weight excluding hydrogens is 495 g/mol. The van der Waals surface area contributed by atoms with Crippen LogP contribution in [0.4, 0.5) is 5.69 Å². The van der Waals surface area contributed by atoms with Gasteiger partial charge in [0.15, 0.2) is 5.96 Å². The van der Waals surface area contributed by atoms with Gasteiger partial charge in [0.1, 0.15) is 0 Å². The van der Waals surface area contributed by atoms with Gasteiger partial charge in [0.2, 0.25) is 0 Å². The summed E-state index contributed by atoms with van der Waals surface area (Å²) < 4.78 is 12.2. The zero-order chi connectivity index (χ0) is 18.4. The molecule has 1 unspecified atom stereocenters. The predicted octanol–water partition coefficient (Wildman–Crippen LogP) is 3.20. The second-order valence-corrected chi connectivity index (χ2v) is 8.06. The minimum absolute atomic E-state index is 0. The summed E-state index contributed by atoms with van der Waals surface area (Å²) in [4.78, 5) is 9.64. The van der Waals surface area contributed by atoms with E-state index in [9.17, 15) is 4.21 Å². The van der Waals surface area contributed by atoms with Gasteiger partial charge in [-0.15, -0.1) is 24.0 Å². The molecule has 5 nitrogen and oxygen atoms in total. The van der Waals surface area contributed by atoms with Crippen LogP contribution in [0.25, 0.3) is 0 Å². The number of halogens is 2. The summed E-state index contributed by atoms with van der Waals surface area (Å²) in [5.74, 6) is 1.01. The summed E-state index contributed by atoms with van der Waals surface area (Å²) in [6.07, 6.45) is 0. The zero-order valence-electron chi connectivity index (χ0n) is 15.0. The first-order valence-electron chi connectivity index (χ1n) is 8.62. The number of piperazine rings is 1. The number of aliphatic imine (C=N–C) groups is 1. The van der Waals surface area contributed by atoms with Crippen molar-refractivity contribution in [2.24, 2.45) is 10.7 Å². The number of guanidine groups is 1. The highest BCUT2D eigenvalue weighted by Gasteiger charge is 2.18.